The number of carbonyl (C=O) groups is 1. The number of nitrogens with two attached hydrogens (primary N) is 1. The highest BCUT2D eigenvalue weighted by molar-refractivity contribution is 5.73. The van der Waals surface area contributed by atoms with E-state index in [9.17, 15) is 4.79 Å². The van der Waals surface area contributed by atoms with Gasteiger partial charge in [-0.25, -0.2) is 0 Å². The van der Waals surface area contributed by atoms with E-state index in [4.69, 9.17) is 5.73 Å². The summed E-state index contributed by atoms with van der Waals surface area (Å²) in [6.45, 7) is 8.31. The summed E-state index contributed by atoms with van der Waals surface area (Å²) >= 11 is 0. The molecule has 0 saturated carbocycles. The van der Waals surface area contributed by atoms with Gasteiger partial charge in [-0.15, -0.1) is 6.58 Å². The molecule has 226 valence electrons. The monoisotopic (exact) mass is 534 g/mol. The van der Waals surface area contributed by atoms with E-state index in [1.807, 2.05) is 6.08 Å². The molecule has 0 aliphatic rings. The lowest BCUT2D eigenvalue weighted by molar-refractivity contribution is -0.118. The van der Waals surface area contributed by atoms with Crippen molar-refractivity contribution >= 4 is 5.91 Å². The highest BCUT2D eigenvalue weighted by Gasteiger charge is 1.95. The van der Waals surface area contributed by atoms with Crippen LogP contribution < -0.4 is 5.73 Å². The number of carbonyl (C=O) groups excluding carboxylic acids is 1. The largest absolute Gasteiger partial charge is 0.370 e. The molecule has 38 heavy (non-hydrogen) atoms. The van der Waals surface area contributed by atoms with Crippen LogP contribution in [0.2, 0.25) is 0 Å². The summed E-state index contributed by atoms with van der Waals surface area (Å²) in [6.07, 6.45) is 45.4. The van der Waals surface area contributed by atoms with Crippen molar-refractivity contribution in [3.05, 3.63) is 24.8 Å². The number of amides is 1. The molecular formula is C36H71NO. The Labute approximate surface area is 241 Å². The van der Waals surface area contributed by atoms with Gasteiger partial charge in [-0.3, -0.25) is 4.79 Å². The van der Waals surface area contributed by atoms with E-state index >= 15 is 0 Å². The van der Waals surface area contributed by atoms with Gasteiger partial charge in [0.05, 0.1) is 0 Å². The van der Waals surface area contributed by atoms with Crippen LogP contribution in [0, 0.1) is 0 Å². The van der Waals surface area contributed by atoms with Crippen molar-refractivity contribution in [2.45, 2.75) is 200 Å². The Balaban J connectivity index is 0. The van der Waals surface area contributed by atoms with Crippen LogP contribution in [0.1, 0.15) is 200 Å². The van der Waals surface area contributed by atoms with Crippen molar-refractivity contribution in [2.24, 2.45) is 5.73 Å². The lowest BCUT2D eigenvalue weighted by Crippen LogP contribution is -2.09. The minimum absolute atomic E-state index is 0.164. The van der Waals surface area contributed by atoms with Gasteiger partial charge in [0.2, 0.25) is 5.91 Å². The molecule has 0 spiro atoms. The summed E-state index contributed by atoms with van der Waals surface area (Å²) in [5, 5.41) is 0. The number of allylic oxidation sites excluding steroid dienone is 3. The Morgan fingerprint density at radius 1 is 0.474 bits per heavy atom. The number of primary amides is 1. The first-order valence-electron chi connectivity index (χ1n) is 17.2. The van der Waals surface area contributed by atoms with Gasteiger partial charge >= 0.3 is 0 Å². The summed E-state index contributed by atoms with van der Waals surface area (Å²) in [7, 11) is 0. The van der Waals surface area contributed by atoms with Crippen LogP contribution in [0.25, 0.3) is 0 Å². The van der Waals surface area contributed by atoms with Crippen LogP contribution in [0.5, 0.6) is 0 Å². The zero-order valence-corrected chi connectivity index (χ0v) is 26.4. The van der Waals surface area contributed by atoms with Crippen LogP contribution in [0.15, 0.2) is 24.8 Å². The van der Waals surface area contributed by atoms with Gasteiger partial charge in [0.15, 0.2) is 0 Å². The van der Waals surface area contributed by atoms with Crippen molar-refractivity contribution in [3.63, 3.8) is 0 Å². The maximum atomic E-state index is 10.5. The summed E-state index contributed by atoms with van der Waals surface area (Å²) in [4.78, 5) is 10.5. The molecule has 1 amide bonds. The Morgan fingerprint density at radius 3 is 1.08 bits per heavy atom. The molecule has 0 aromatic heterocycles. The molecule has 0 aromatic rings. The summed E-state index contributed by atoms with van der Waals surface area (Å²) in [6, 6.07) is 0. The zero-order valence-electron chi connectivity index (χ0n) is 26.4. The SMILES string of the molecule is C=CCCCCCCCCCCCCCCCC.CCCCCCCC/C=C\CCCCCCCC(N)=O. The average molecular weight is 534 g/mol. The molecule has 0 rings (SSSR count). The van der Waals surface area contributed by atoms with E-state index in [1.165, 1.54) is 167 Å². The predicted octanol–water partition coefficient (Wildman–Crippen LogP) is 12.6. The van der Waals surface area contributed by atoms with Crippen molar-refractivity contribution in [1.29, 1.82) is 0 Å². The van der Waals surface area contributed by atoms with Crippen LogP contribution in [-0.4, -0.2) is 5.91 Å². The second kappa shape index (κ2) is 38.1. The fraction of sp³-hybridized carbons (Fsp3) is 0.861. The maximum absolute atomic E-state index is 10.5. The Morgan fingerprint density at radius 2 is 0.763 bits per heavy atom. The van der Waals surface area contributed by atoms with Crippen LogP contribution in [-0.2, 0) is 4.79 Å². The van der Waals surface area contributed by atoms with Gasteiger partial charge in [0, 0.05) is 6.42 Å². The van der Waals surface area contributed by atoms with E-state index in [1.54, 1.807) is 0 Å². The van der Waals surface area contributed by atoms with E-state index in [0.717, 1.165) is 12.8 Å². The van der Waals surface area contributed by atoms with Crippen molar-refractivity contribution in [3.8, 4) is 0 Å². The van der Waals surface area contributed by atoms with Gasteiger partial charge in [-0.05, 0) is 44.9 Å². The lowest BCUT2D eigenvalue weighted by Gasteiger charge is -2.02. The summed E-state index contributed by atoms with van der Waals surface area (Å²) < 4.78 is 0. The third-order valence-electron chi connectivity index (χ3n) is 7.45. The molecule has 0 bridgehead atoms. The molecule has 2 N–H and O–H groups in total. The van der Waals surface area contributed by atoms with Gasteiger partial charge in [0.25, 0.3) is 0 Å². The predicted molar refractivity (Wildman–Crippen MR) is 174 cm³/mol. The lowest BCUT2D eigenvalue weighted by atomic mass is 10.0. The van der Waals surface area contributed by atoms with Crippen LogP contribution >= 0.6 is 0 Å². The topological polar surface area (TPSA) is 43.1 Å². The van der Waals surface area contributed by atoms with E-state index in [2.05, 4.69) is 32.6 Å². The Kier molecular flexibility index (Phi) is 39.2. The standard InChI is InChI=1S/C18H35NO.C18H36/c1-2-3-4-5-6-7-8-9-10-11-12-13-14-15-16-17-18(19)20;1-3-5-7-9-11-13-15-17-18-16-14-12-10-8-6-4-2/h9-10H,2-8,11-17H2,1H3,(H2,19,20);3H,1,4-18H2,2H3/b10-9-;. The third kappa shape index (κ3) is 42.1. The molecule has 0 aliphatic carbocycles. The molecular weight excluding hydrogens is 462 g/mol. The molecule has 0 atom stereocenters. The first-order valence-corrected chi connectivity index (χ1v) is 17.2. The number of hydrogen-bond donors (Lipinski definition) is 1. The quantitative estimate of drug-likeness (QED) is 0.0724. The van der Waals surface area contributed by atoms with Crippen molar-refractivity contribution in [1.82, 2.24) is 0 Å². The highest BCUT2D eigenvalue weighted by Crippen LogP contribution is 2.13. The molecule has 0 aliphatic heterocycles. The molecule has 0 aromatic carbocycles. The second-order valence-electron chi connectivity index (χ2n) is 11.5. The summed E-state index contributed by atoms with van der Waals surface area (Å²) in [5.41, 5.74) is 5.10. The molecule has 0 saturated heterocycles. The number of rotatable bonds is 30. The molecule has 2 heteroatoms. The first-order chi connectivity index (χ1) is 18.7. The third-order valence-corrected chi connectivity index (χ3v) is 7.45. The fourth-order valence-electron chi connectivity index (χ4n) is 4.85. The van der Waals surface area contributed by atoms with Gasteiger partial charge in [-0.2, -0.15) is 0 Å². The van der Waals surface area contributed by atoms with Crippen molar-refractivity contribution in [2.75, 3.05) is 0 Å². The van der Waals surface area contributed by atoms with Gasteiger partial charge < -0.3 is 5.73 Å². The first kappa shape index (κ1) is 39.1. The molecule has 0 unspecified atom stereocenters. The van der Waals surface area contributed by atoms with Gasteiger partial charge in [0.1, 0.15) is 0 Å². The van der Waals surface area contributed by atoms with E-state index in [-0.39, 0.29) is 5.91 Å². The Hall–Kier alpha value is -1.05. The van der Waals surface area contributed by atoms with Crippen LogP contribution in [0.3, 0.4) is 0 Å². The van der Waals surface area contributed by atoms with Crippen molar-refractivity contribution < 1.29 is 4.79 Å². The second-order valence-corrected chi connectivity index (χ2v) is 11.5. The van der Waals surface area contributed by atoms with Crippen LogP contribution in [0.4, 0.5) is 0 Å². The average Bonchev–Trinajstić information content (AvgIpc) is 2.91. The fourth-order valence-corrected chi connectivity index (χ4v) is 4.85. The van der Waals surface area contributed by atoms with E-state index in [0.29, 0.717) is 6.42 Å². The molecule has 0 fully saturated rings. The van der Waals surface area contributed by atoms with Gasteiger partial charge in [-0.1, -0.05) is 167 Å². The Bertz CT molecular complexity index is 470. The molecule has 0 radical (unpaired) electrons. The highest BCUT2D eigenvalue weighted by atomic mass is 16.1. The zero-order chi connectivity index (χ0) is 28.2. The number of unbranched alkanes of at least 4 members (excludes halogenated alkanes) is 25. The summed E-state index contributed by atoms with van der Waals surface area (Å²) in [5.74, 6) is -0.164. The maximum Gasteiger partial charge on any atom is 0.217 e. The normalized spacial score (nSPS) is 11.0. The molecule has 2 nitrogen and oxygen atoms in total. The molecule has 0 heterocycles. The smallest absolute Gasteiger partial charge is 0.217 e. The minimum Gasteiger partial charge on any atom is -0.370 e. The van der Waals surface area contributed by atoms with E-state index < -0.39 is 0 Å². The minimum atomic E-state index is -0.164. The number of hydrogen-bond acceptors (Lipinski definition) is 1.